The Morgan fingerprint density at radius 2 is 1.85 bits per heavy atom. The Kier molecular flexibility index (Phi) is 6.01. The summed E-state index contributed by atoms with van der Waals surface area (Å²) in [5, 5.41) is 4.29. The van der Waals surface area contributed by atoms with Crippen molar-refractivity contribution in [2.24, 2.45) is 5.10 Å². The Labute approximate surface area is 159 Å². The minimum Gasteiger partial charge on any atom is -0.458 e. The summed E-state index contributed by atoms with van der Waals surface area (Å²) in [7, 11) is 0. The molecule has 0 spiro atoms. The lowest BCUT2D eigenvalue weighted by atomic mass is 9.87. The van der Waals surface area contributed by atoms with Crippen molar-refractivity contribution in [2.45, 2.75) is 45.3 Å². The van der Waals surface area contributed by atoms with E-state index in [1.54, 1.807) is 13.8 Å². The zero-order valence-electron chi connectivity index (χ0n) is 15.6. The van der Waals surface area contributed by atoms with Crippen LogP contribution in [-0.4, -0.2) is 29.6 Å². The minimum atomic E-state index is -0.468. The molecule has 0 saturated heterocycles. The first-order chi connectivity index (χ1) is 13.0. The molecule has 1 aliphatic rings. The fraction of sp³-hybridized carbons (Fsp3) is 0.318. The van der Waals surface area contributed by atoms with Gasteiger partial charge in [0.2, 0.25) is 0 Å². The Morgan fingerprint density at radius 3 is 2.59 bits per heavy atom. The number of ketones is 1. The van der Waals surface area contributed by atoms with E-state index in [-0.39, 0.29) is 17.6 Å². The number of Topliss-reactive ketones (excluding diaryl/α,β-unsaturated/α-hetero) is 1. The number of carbonyl (C=O) groups is 2. The monoisotopic (exact) mass is 364 g/mol. The molecule has 1 unspecified atom stereocenters. The molecule has 0 aromatic heterocycles. The van der Waals surface area contributed by atoms with Gasteiger partial charge in [0.15, 0.2) is 5.78 Å². The van der Waals surface area contributed by atoms with E-state index in [9.17, 15) is 9.59 Å². The summed E-state index contributed by atoms with van der Waals surface area (Å²) in [4.78, 5) is 25.1. The van der Waals surface area contributed by atoms with Gasteiger partial charge in [-0.2, -0.15) is 5.10 Å². The summed E-state index contributed by atoms with van der Waals surface area (Å²) in [6, 6.07) is 16.8. The molecule has 2 aromatic rings. The van der Waals surface area contributed by atoms with Crippen LogP contribution in [0.4, 0.5) is 0 Å². The van der Waals surface area contributed by atoms with Crippen LogP contribution < -0.4 is 5.43 Å². The van der Waals surface area contributed by atoms with Crippen molar-refractivity contribution in [1.29, 1.82) is 0 Å². The van der Waals surface area contributed by atoms with Crippen LogP contribution in [-0.2, 0) is 22.4 Å². The second kappa shape index (κ2) is 8.62. The van der Waals surface area contributed by atoms with Gasteiger partial charge in [0.05, 0.1) is 6.10 Å². The predicted molar refractivity (Wildman–Crippen MR) is 105 cm³/mol. The molecule has 0 saturated carbocycles. The van der Waals surface area contributed by atoms with Crippen LogP contribution in [0.15, 0.2) is 59.7 Å². The average molecular weight is 364 g/mol. The molecule has 0 aliphatic heterocycles. The van der Waals surface area contributed by atoms with Crippen LogP contribution in [0.1, 0.15) is 41.8 Å². The molecular formula is C22H24N2O3. The number of esters is 1. The molecule has 0 heterocycles. The van der Waals surface area contributed by atoms with Crippen LogP contribution in [0.2, 0.25) is 0 Å². The number of fused-ring (bicyclic) bond motifs is 1. The molecule has 3 rings (SSSR count). The number of hydrogen-bond acceptors (Lipinski definition) is 5. The summed E-state index contributed by atoms with van der Waals surface area (Å²) in [6.07, 6.45) is 1.56. The Hall–Kier alpha value is -2.95. The molecule has 27 heavy (non-hydrogen) atoms. The van der Waals surface area contributed by atoms with Crippen molar-refractivity contribution < 1.29 is 14.3 Å². The quantitative estimate of drug-likeness (QED) is 0.485. The molecule has 1 N–H and O–H groups in total. The van der Waals surface area contributed by atoms with Crippen LogP contribution in [0.3, 0.4) is 0 Å². The number of rotatable bonds is 6. The van der Waals surface area contributed by atoms with Crippen molar-refractivity contribution in [3.63, 3.8) is 0 Å². The lowest BCUT2D eigenvalue weighted by Crippen LogP contribution is -2.39. The first-order valence-corrected chi connectivity index (χ1v) is 9.23. The first kappa shape index (κ1) is 18.8. The van der Waals surface area contributed by atoms with Gasteiger partial charge in [-0.25, -0.2) is 4.79 Å². The molecule has 0 bridgehead atoms. The maximum atomic E-state index is 12.7. The van der Waals surface area contributed by atoms with Gasteiger partial charge in [0.1, 0.15) is 11.8 Å². The van der Waals surface area contributed by atoms with Crippen LogP contribution >= 0.6 is 0 Å². The number of hydrogen-bond donors (Lipinski definition) is 1. The SMILES string of the molecule is CC(C)OC(=O)/C(Cc1ccccc1)=N/NC1CCc2ccccc2C1=O. The molecule has 1 atom stereocenters. The number of nitrogens with one attached hydrogen (secondary N) is 1. The molecule has 140 valence electrons. The summed E-state index contributed by atoms with van der Waals surface area (Å²) >= 11 is 0. The minimum absolute atomic E-state index is 0.0110. The third kappa shape index (κ3) is 4.82. The van der Waals surface area contributed by atoms with Gasteiger partial charge in [-0.1, -0.05) is 54.6 Å². The molecule has 5 heteroatoms. The van der Waals surface area contributed by atoms with Gasteiger partial charge < -0.3 is 4.74 Å². The largest absolute Gasteiger partial charge is 0.458 e. The molecule has 0 fully saturated rings. The Bertz CT molecular complexity index is 844. The molecule has 5 nitrogen and oxygen atoms in total. The lowest BCUT2D eigenvalue weighted by molar-refractivity contribution is -0.139. The average Bonchev–Trinajstić information content (AvgIpc) is 2.67. The molecule has 1 aliphatic carbocycles. The van der Waals surface area contributed by atoms with Crippen molar-refractivity contribution in [1.82, 2.24) is 5.43 Å². The molecular weight excluding hydrogens is 340 g/mol. The normalized spacial score (nSPS) is 16.8. The number of hydrazone groups is 1. The Morgan fingerprint density at radius 1 is 1.15 bits per heavy atom. The van der Waals surface area contributed by atoms with Gasteiger partial charge in [-0.05, 0) is 37.8 Å². The van der Waals surface area contributed by atoms with E-state index in [0.717, 1.165) is 23.1 Å². The van der Waals surface area contributed by atoms with E-state index in [4.69, 9.17) is 4.74 Å². The predicted octanol–water partition coefficient (Wildman–Crippen LogP) is 3.32. The molecule has 2 aromatic carbocycles. The first-order valence-electron chi connectivity index (χ1n) is 9.23. The zero-order chi connectivity index (χ0) is 19.2. The third-order valence-electron chi connectivity index (χ3n) is 4.45. The standard InChI is InChI=1S/C22H24N2O3/c1-15(2)27-22(26)20(14-16-8-4-3-5-9-16)24-23-19-13-12-17-10-6-7-11-18(17)21(19)25/h3-11,15,19,23H,12-14H2,1-2H3/b24-20+. The lowest BCUT2D eigenvalue weighted by Gasteiger charge is -2.23. The van der Waals surface area contributed by atoms with Gasteiger partial charge in [0, 0.05) is 12.0 Å². The highest BCUT2D eigenvalue weighted by Gasteiger charge is 2.27. The van der Waals surface area contributed by atoms with Crippen molar-refractivity contribution in [3.8, 4) is 0 Å². The highest BCUT2D eigenvalue weighted by molar-refractivity contribution is 6.37. The van der Waals surface area contributed by atoms with E-state index in [1.807, 2.05) is 54.6 Å². The maximum Gasteiger partial charge on any atom is 0.355 e. The van der Waals surface area contributed by atoms with E-state index in [2.05, 4.69) is 10.5 Å². The van der Waals surface area contributed by atoms with Gasteiger partial charge in [-0.3, -0.25) is 10.2 Å². The summed E-state index contributed by atoms with van der Waals surface area (Å²) in [5.74, 6) is -0.457. The van der Waals surface area contributed by atoms with E-state index < -0.39 is 12.0 Å². The number of ether oxygens (including phenoxy) is 1. The van der Waals surface area contributed by atoms with Crippen molar-refractivity contribution >= 4 is 17.5 Å². The highest BCUT2D eigenvalue weighted by Crippen LogP contribution is 2.21. The van der Waals surface area contributed by atoms with Gasteiger partial charge >= 0.3 is 5.97 Å². The third-order valence-corrected chi connectivity index (χ3v) is 4.45. The number of nitrogens with zero attached hydrogens (tertiary/aromatic N) is 1. The second-order valence-electron chi connectivity index (χ2n) is 6.92. The fourth-order valence-electron chi connectivity index (χ4n) is 3.10. The van der Waals surface area contributed by atoms with Crippen LogP contribution in [0.25, 0.3) is 0 Å². The van der Waals surface area contributed by atoms with Gasteiger partial charge in [0.25, 0.3) is 0 Å². The zero-order valence-corrected chi connectivity index (χ0v) is 15.6. The van der Waals surface area contributed by atoms with Gasteiger partial charge in [-0.15, -0.1) is 0 Å². The second-order valence-corrected chi connectivity index (χ2v) is 6.92. The molecule has 0 radical (unpaired) electrons. The molecule has 0 amide bonds. The summed E-state index contributed by atoms with van der Waals surface area (Å²) in [6.45, 7) is 3.60. The van der Waals surface area contributed by atoms with Crippen molar-refractivity contribution in [3.05, 3.63) is 71.3 Å². The maximum absolute atomic E-state index is 12.7. The Balaban J connectivity index is 1.77. The smallest absolute Gasteiger partial charge is 0.355 e. The van der Waals surface area contributed by atoms with Crippen LogP contribution in [0.5, 0.6) is 0 Å². The topological polar surface area (TPSA) is 67.8 Å². The van der Waals surface area contributed by atoms with Crippen LogP contribution in [0, 0.1) is 0 Å². The number of aryl methyl sites for hydroxylation is 1. The van der Waals surface area contributed by atoms with E-state index in [1.165, 1.54) is 0 Å². The fourth-order valence-corrected chi connectivity index (χ4v) is 3.10. The number of benzene rings is 2. The summed E-state index contributed by atoms with van der Waals surface area (Å²) in [5.41, 5.74) is 5.94. The van der Waals surface area contributed by atoms with E-state index in [0.29, 0.717) is 12.8 Å². The van der Waals surface area contributed by atoms with E-state index >= 15 is 0 Å². The van der Waals surface area contributed by atoms with Crippen molar-refractivity contribution in [2.75, 3.05) is 0 Å². The number of carbonyl (C=O) groups excluding carboxylic acids is 2. The highest BCUT2D eigenvalue weighted by atomic mass is 16.5. The summed E-state index contributed by atoms with van der Waals surface area (Å²) < 4.78 is 5.31.